The lowest BCUT2D eigenvalue weighted by Crippen LogP contribution is -2.01. The lowest BCUT2D eigenvalue weighted by molar-refractivity contribution is -0.270. The van der Waals surface area contributed by atoms with E-state index >= 15 is 0 Å². The van der Waals surface area contributed by atoms with Crippen molar-refractivity contribution in [2.75, 3.05) is 6.61 Å². The van der Waals surface area contributed by atoms with Crippen molar-refractivity contribution in [1.82, 2.24) is 0 Å². The second kappa shape index (κ2) is 7.28. The summed E-state index contributed by atoms with van der Waals surface area (Å²) in [6.45, 7) is 5.36. The van der Waals surface area contributed by atoms with Crippen molar-refractivity contribution >= 4 is 5.97 Å². The van der Waals surface area contributed by atoms with Crippen molar-refractivity contribution in [3.8, 4) is 0 Å². The summed E-state index contributed by atoms with van der Waals surface area (Å²) in [7, 11) is 0. The summed E-state index contributed by atoms with van der Waals surface area (Å²) in [5.41, 5.74) is 0. The number of hydrogen-bond donors (Lipinski definition) is 0. The third kappa shape index (κ3) is 9.17. The number of carbonyl (C=O) groups is 1. The molecule has 0 saturated heterocycles. The smallest absolute Gasteiger partial charge is 0.299 e. The molecule has 0 amide bonds. The molecule has 0 aromatic heterocycles. The van der Waals surface area contributed by atoms with E-state index in [1.165, 1.54) is 6.92 Å². The van der Waals surface area contributed by atoms with Gasteiger partial charge in [0.05, 0.1) is 6.61 Å². The summed E-state index contributed by atoms with van der Waals surface area (Å²) >= 11 is 0. The Bertz CT molecular complexity index is 121. The van der Waals surface area contributed by atoms with Crippen molar-refractivity contribution in [1.29, 1.82) is 0 Å². The van der Waals surface area contributed by atoms with Crippen LogP contribution < -0.4 is 0 Å². The second-order valence-electron chi connectivity index (χ2n) is 2.18. The van der Waals surface area contributed by atoms with E-state index in [1.807, 2.05) is 6.08 Å². The minimum Gasteiger partial charge on any atom is -0.299 e. The fourth-order valence-electron chi connectivity index (χ4n) is 0.574. The Labute approximate surface area is 66.9 Å². The predicted octanol–water partition coefficient (Wildman–Crippen LogP) is 1.84. The molecule has 0 aliphatic heterocycles. The Kier molecular flexibility index (Phi) is 6.73. The Hall–Kier alpha value is -0.830. The molecule has 0 radical (unpaired) electrons. The molecule has 0 heterocycles. The number of unbranched alkanes of at least 4 members (excludes halogenated alkanes) is 2. The van der Waals surface area contributed by atoms with Crippen LogP contribution in [0.4, 0.5) is 0 Å². The van der Waals surface area contributed by atoms with Crippen LogP contribution in [0.2, 0.25) is 0 Å². The average Bonchev–Trinajstić information content (AvgIpc) is 1.96. The zero-order chi connectivity index (χ0) is 8.53. The zero-order valence-electron chi connectivity index (χ0n) is 6.84. The third-order valence-electron chi connectivity index (χ3n) is 1.06. The predicted molar refractivity (Wildman–Crippen MR) is 41.8 cm³/mol. The first-order valence-electron chi connectivity index (χ1n) is 3.68. The Morgan fingerprint density at radius 3 is 2.82 bits per heavy atom. The van der Waals surface area contributed by atoms with E-state index in [-0.39, 0.29) is 0 Å². The van der Waals surface area contributed by atoms with Crippen LogP contribution in [0, 0.1) is 0 Å². The lowest BCUT2D eigenvalue weighted by atomic mass is 10.2. The van der Waals surface area contributed by atoms with Crippen LogP contribution >= 0.6 is 0 Å². The number of allylic oxidation sites excluding steroid dienone is 1. The highest BCUT2D eigenvalue weighted by molar-refractivity contribution is 5.65. The minimum absolute atomic E-state index is 0.409. The third-order valence-corrected chi connectivity index (χ3v) is 1.06. The summed E-state index contributed by atoms with van der Waals surface area (Å²) in [4.78, 5) is 19.0. The molecule has 0 spiro atoms. The highest BCUT2D eigenvalue weighted by Gasteiger charge is 1.92. The Balaban J connectivity index is 2.90. The second-order valence-corrected chi connectivity index (χ2v) is 2.18. The fraction of sp³-hybridized carbons (Fsp3) is 0.625. The fourth-order valence-corrected chi connectivity index (χ4v) is 0.574. The maximum absolute atomic E-state index is 10.2. The molecule has 0 saturated carbocycles. The van der Waals surface area contributed by atoms with Gasteiger partial charge in [-0.05, 0) is 19.3 Å². The molecule has 0 N–H and O–H groups in total. The molecule has 3 nitrogen and oxygen atoms in total. The van der Waals surface area contributed by atoms with E-state index in [4.69, 9.17) is 0 Å². The normalized spacial score (nSPS) is 9.18. The van der Waals surface area contributed by atoms with Gasteiger partial charge >= 0.3 is 5.97 Å². The van der Waals surface area contributed by atoms with Crippen molar-refractivity contribution in [3.05, 3.63) is 12.7 Å². The van der Waals surface area contributed by atoms with Gasteiger partial charge in [-0.15, -0.1) is 6.58 Å². The maximum atomic E-state index is 10.2. The van der Waals surface area contributed by atoms with Crippen LogP contribution in [-0.4, -0.2) is 12.6 Å². The van der Waals surface area contributed by atoms with Crippen molar-refractivity contribution in [2.45, 2.75) is 26.2 Å². The van der Waals surface area contributed by atoms with Crippen LogP contribution in [-0.2, 0) is 14.6 Å². The molecular weight excluding hydrogens is 144 g/mol. The van der Waals surface area contributed by atoms with Crippen molar-refractivity contribution < 1.29 is 14.6 Å². The van der Waals surface area contributed by atoms with Gasteiger partial charge in [0.25, 0.3) is 0 Å². The quantitative estimate of drug-likeness (QED) is 0.256. The van der Waals surface area contributed by atoms with E-state index in [2.05, 4.69) is 16.4 Å². The SMILES string of the molecule is C=CCCCCOOC(C)=O. The van der Waals surface area contributed by atoms with Gasteiger partial charge in [-0.25, -0.2) is 4.79 Å². The van der Waals surface area contributed by atoms with E-state index in [0.29, 0.717) is 6.61 Å². The lowest BCUT2D eigenvalue weighted by Gasteiger charge is -1.99. The van der Waals surface area contributed by atoms with Crippen LogP contribution in [0.1, 0.15) is 26.2 Å². The van der Waals surface area contributed by atoms with E-state index in [1.54, 1.807) is 0 Å². The molecule has 0 fully saturated rings. The Morgan fingerprint density at radius 1 is 1.55 bits per heavy atom. The minimum atomic E-state index is -0.409. The molecule has 64 valence electrons. The molecule has 0 bridgehead atoms. The average molecular weight is 158 g/mol. The number of hydrogen-bond acceptors (Lipinski definition) is 3. The first kappa shape index (κ1) is 10.2. The molecule has 0 aliphatic rings. The first-order chi connectivity index (χ1) is 5.27. The van der Waals surface area contributed by atoms with Crippen LogP contribution in [0.15, 0.2) is 12.7 Å². The van der Waals surface area contributed by atoms with Crippen molar-refractivity contribution in [3.63, 3.8) is 0 Å². The topological polar surface area (TPSA) is 35.5 Å². The maximum Gasteiger partial charge on any atom is 0.339 e. The van der Waals surface area contributed by atoms with E-state index in [0.717, 1.165) is 19.3 Å². The van der Waals surface area contributed by atoms with Crippen LogP contribution in [0.25, 0.3) is 0 Å². The summed E-state index contributed by atoms with van der Waals surface area (Å²) in [6.07, 6.45) is 4.74. The van der Waals surface area contributed by atoms with Gasteiger partial charge < -0.3 is 0 Å². The van der Waals surface area contributed by atoms with Gasteiger partial charge in [-0.1, -0.05) is 6.08 Å². The summed E-state index contributed by atoms with van der Waals surface area (Å²) < 4.78 is 0. The number of carbonyl (C=O) groups excluding carboxylic acids is 1. The van der Waals surface area contributed by atoms with Gasteiger partial charge in [0.1, 0.15) is 0 Å². The molecule has 0 atom stereocenters. The molecule has 11 heavy (non-hydrogen) atoms. The van der Waals surface area contributed by atoms with E-state index in [9.17, 15) is 4.79 Å². The van der Waals surface area contributed by atoms with Gasteiger partial charge in [-0.2, -0.15) is 4.89 Å². The molecule has 0 unspecified atom stereocenters. The van der Waals surface area contributed by atoms with Gasteiger partial charge in [0.2, 0.25) is 0 Å². The van der Waals surface area contributed by atoms with Gasteiger partial charge in [0.15, 0.2) is 0 Å². The van der Waals surface area contributed by atoms with Gasteiger partial charge in [0, 0.05) is 6.92 Å². The Morgan fingerprint density at radius 2 is 2.27 bits per heavy atom. The van der Waals surface area contributed by atoms with Crippen molar-refractivity contribution in [2.24, 2.45) is 0 Å². The highest BCUT2D eigenvalue weighted by atomic mass is 17.2. The molecule has 0 aromatic carbocycles. The standard InChI is InChI=1S/C8H14O3/c1-3-4-5-6-7-10-11-8(2)9/h3H,1,4-7H2,2H3. The van der Waals surface area contributed by atoms with E-state index < -0.39 is 5.97 Å². The molecular formula is C8H14O3. The molecule has 0 aromatic rings. The summed E-state index contributed by atoms with van der Waals surface area (Å²) in [5, 5.41) is 0. The zero-order valence-corrected chi connectivity index (χ0v) is 6.84. The van der Waals surface area contributed by atoms with Crippen LogP contribution in [0.5, 0.6) is 0 Å². The highest BCUT2D eigenvalue weighted by Crippen LogP contribution is 1.96. The summed E-state index contributed by atoms with van der Waals surface area (Å²) in [5.74, 6) is -0.409. The molecule has 3 heteroatoms. The molecule has 0 aliphatic carbocycles. The molecule has 0 rings (SSSR count). The first-order valence-corrected chi connectivity index (χ1v) is 3.68. The van der Waals surface area contributed by atoms with Gasteiger partial charge in [-0.3, -0.25) is 4.89 Å². The number of rotatable bonds is 6. The summed E-state index contributed by atoms with van der Waals surface area (Å²) in [6, 6.07) is 0. The largest absolute Gasteiger partial charge is 0.339 e. The van der Waals surface area contributed by atoms with Crippen LogP contribution in [0.3, 0.4) is 0 Å². The monoisotopic (exact) mass is 158 g/mol.